The van der Waals surface area contributed by atoms with E-state index in [-0.39, 0.29) is 13.2 Å². The van der Waals surface area contributed by atoms with Gasteiger partial charge in [0.15, 0.2) is 0 Å². The minimum Gasteiger partial charge on any atom is -0.396 e. The van der Waals surface area contributed by atoms with E-state index in [2.05, 4.69) is 18.5 Å². The van der Waals surface area contributed by atoms with Crippen molar-refractivity contribution in [2.24, 2.45) is 0 Å². The zero-order valence-electron chi connectivity index (χ0n) is 9.32. The van der Waals surface area contributed by atoms with Crippen molar-refractivity contribution in [1.82, 2.24) is 10.2 Å². The quantitative estimate of drug-likeness (QED) is 0.355. The van der Waals surface area contributed by atoms with Gasteiger partial charge in [-0.1, -0.05) is 12.2 Å². The zero-order chi connectivity index (χ0) is 12.4. The van der Waals surface area contributed by atoms with Crippen molar-refractivity contribution >= 4 is 11.8 Å². The van der Waals surface area contributed by atoms with Gasteiger partial charge in [0.05, 0.1) is 0 Å². The summed E-state index contributed by atoms with van der Waals surface area (Å²) >= 11 is 0. The van der Waals surface area contributed by atoms with Gasteiger partial charge >= 0.3 is 11.8 Å². The Morgan fingerprint density at radius 3 is 2.25 bits per heavy atom. The van der Waals surface area contributed by atoms with Crippen LogP contribution >= 0.6 is 0 Å². The first kappa shape index (κ1) is 14.4. The molecule has 0 heterocycles. The Bertz CT molecular complexity index is 254. The van der Waals surface area contributed by atoms with Crippen LogP contribution in [-0.2, 0) is 9.59 Å². The second-order valence-corrected chi connectivity index (χ2v) is 3.12. The maximum atomic E-state index is 11.6. The Morgan fingerprint density at radius 2 is 1.81 bits per heavy atom. The summed E-state index contributed by atoms with van der Waals surface area (Å²) in [6, 6.07) is 0. The normalized spacial score (nSPS) is 9.31. The number of aliphatic hydroxyl groups is 1. The Morgan fingerprint density at radius 1 is 1.25 bits per heavy atom. The van der Waals surface area contributed by atoms with Crippen molar-refractivity contribution in [2.75, 3.05) is 26.2 Å². The third kappa shape index (κ3) is 5.31. The summed E-state index contributed by atoms with van der Waals surface area (Å²) in [5.41, 5.74) is 0. The molecule has 0 fully saturated rings. The molecule has 2 amide bonds. The SMILES string of the molecule is C=CCN(CC=C)C(=O)C(=O)NCCCO. The van der Waals surface area contributed by atoms with Crippen LogP contribution < -0.4 is 5.32 Å². The molecule has 0 radical (unpaired) electrons. The van der Waals surface area contributed by atoms with Gasteiger partial charge in [-0.15, -0.1) is 13.2 Å². The smallest absolute Gasteiger partial charge is 0.312 e. The van der Waals surface area contributed by atoms with Gasteiger partial charge in [0.2, 0.25) is 0 Å². The first-order valence-electron chi connectivity index (χ1n) is 5.07. The van der Waals surface area contributed by atoms with Gasteiger partial charge in [-0.05, 0) is 6.42 Å². The molecule has 0 aliphatic rings. The predicted octanol–water partition coefficient (Wildman–Crippen LogP) is -0.314. The van der Waals surface area contributed by atoms with Gasteiger partial charge < -0.3 is 15.3 Å². The van der Waals surface area contributed by atoms with E-state index in [1.807, 2.05) is 0 Å². The van der Waals surface area contributed by atoms with Crippen molar-refractivity contribution in [1.29, 1.82) is 0 Å². The second-order valence-electron chi connectivity index (χ2n) is 3.12. The van der Waals surface area contributed by atoms with Crippen LogP contribution in [0.4, 0.5) is 0 Å². The lowest BCUT2D eigenvalue weighted by atomic mass is 10.3. The molecular weight excluding hydrogens is 208 g/mol. The molecule has 0 aromatic heterocycles. The maximum absolute atomic E-state index is 11.6. The van der Waals surface area contributed by atoms with E-state index < -0.39 is 11.8 Å². The molecule has 0 saturated heterocycles. The van der Waals surface area contributed by atoms with E-state index in [9.17, 15) is 9.59 Å². The van der Waals surface area contributed by atoms with Crippen molar-refractivity contribution in [3.8, 4) is 0 Å². The molecule has 0 rings (SSSR count). The van der Waals surface area contributed by atoms with E-state index in [1.165, 1.54) is 4.90 Å². The summed E-state index contributed by atoms with van der Waals surface area (Å²) in [6.07, 6.45) is 3.52. The first-order chi connectivity index (χ1) is 7.67. The summed E-state index contributed by atoms with van der Waals surface area (Å²) in [5.74, 6) is -1.28. The van der Waals surface area contributed by atoms with Crippen LogP contribution in [0.1, 0.15) is 6.42 Å². The van der Waals surface area contributed by atoms with Gasteiger partial charge in [-0.25, -0.2) is 0 Å². The molecule has 0 bridgehead atoms. The lowest BCUT2D eigenvalue weighted by Gasteiger charge is -2.18. The molecule has 90 valence electrons. The molecule has 0 unspecified atom stereocenters. The lowest BCUT2D eigenvalue weighted by molar-refractivity contribution is -0.145. The molecular formula is C11H18N2O3. The highest BCUT2D eigenvalue weighted by molar-refractivity contribution is 6.35. The third-order valence-corrected chi connectivity index (χ3v) is 1.80. The highest BCUT2D eigenvalue weighted by Gasteiger charge is 2.18. The van der Waals surface area contributed by atoms with Crippen molar-refractivity contribution in [3.05, 3.63) is 25.3 Å². The second kappa shape index (κ2) is 8.67. The van der Waals surface area contributed by atoms with Gasteiger partial charge in [0.1, 0.15) is 0 Å². The van der Waals surface area contributed by atoms with Crippen LogP contribution in [0.2, 0.25) is 0 Å². The minimum absolute atomic E-state index is 0.0164. The number of nitrogens with zero attached hydrogens (tertiary/aromatic N) is 1. The minimum atomic E-state index is -0.669. The zero-order valence-corrected chi connectivity index (χ0v) is 9.32. The van der Waals surface area contributed by atoms with Gasteiger partial charge in [-0.2, -0.15) is 0 Å². The molecule has 0 aromatic rings. The number of nitrogens with one attached hydrogen (secondary N) is 1. The van der Waals surface area contributed by atoms with Gasteiger partial charge in [0, 0.05) is 26.2 Å². The lowest BCUT2D eigenvalue weighted by Crippen LogP contribution is -2.43. The van der Waals surface area contributed by atoms with Crippen molar-refractivity contribution < 1.29 is 14.7 Å². The fraction of sp³-hybridized carbons (Fsp3) is 0.455. The van der Waals surface area contributed by atoms with Crippen LogP contribution in [0.5, 0.6) is 0 Å². The summed E-state index contributed by atoms with van der Waals surface area (Å²) in [5, 5.41) is 10.9. The Kier molecular flexibility index (Phi) is 7.79. The van der Waals surface area contributed by atoms with Crippen molar-refractivity contribution in [2.45, 2.75) is 6.42 Å². The topological polar surface area (TPSA) is 69.6 Å². The fourth-order valence-corrected chi connectivity index (χ4v) is 1.05. The molecule has 0 aliphatic heterocycles. The molecule has 0 saturated carbocycles. The standard InChI is InChI=1S/C11H18N2O3/c1-3-7-13(8-4-2)11(16)10(15)12-6-5-9-14/h3-4,14H,1-2,5-9H2,(H,12,15). The number of hydrogen-bond acceptors (Lipinski definition) is 3. The number of hydrogen-bond donors (Lipinski definition) is 2. The van der Waals surface area contributed by atoms with Crippen LogP contribution in [0.3, 0.4) is 0 Å². The largest absolute Gasteiger partial charge is 0.396 e. The molecule has 5 nitrogen and oxygen atoms in total. The van der Waals surface area contributed by atoms with Crippen LogP contribution in [-0.4, -0.2) is 48.1 Å². The number of rotatable bonds is 7. The molecule has 5 heteroatoms. The average molecular weight is 226 g/mol. The van der Waals surface area contributed by atoms with E-state index in [0.29, 0.717) is 19.5 Å². The van der Waals surface area contributed by atoms with Gasteiger partial charge in [0.25, 0.3) is 0 Å². The number of carbonyl (C=O) groups is 2. The molecule has 16 heavy (non-hydrogen) atoms. The predicted molar refractivity (Wildman–Crippen MR) is 61.7 cm³/mol. The van der Waals surface area contributed by atoms with E-state index in [0.717, 1.165) is 0 Å². The summed E-state index contributed by atoms with van der Waals surface area (Å²) < 4.78 is 0. The number of aliphatic hydroxyl groups excluding tert-OH is 1. The highest BCUT2D eigenvalue weighted by atomic mass is 16.3. The fourth-order valence-electron chi connectivity index (χ4n) is 1.05. The highest BCUT2D eigenvalue weighted by Crippen LogP contribution is 1.91. The summed E-state index contributed by atoms with van der Waals surface area (Å²) in [6.45, 7) is 7.89. The molecule has 0 aromatic carbocycles. The molecule has 2 N–H and O–H groups in total. The van der Waals surface area contributed by atoms with Crippen LogP contribution in [0.25, 0.3) is 0 Å². The van der Waals surface area contributed by atoms with Crippen molar-refractivity contribution in [3.63, 3.8) is 0 Å². The van der Waals surface area contributed by atoms with Gasteiger partial charge in [-0.3, -0.25) is 9.59 Å². The van der Waals surface area contributed by atoms with E-state index >= 15 is 0 Å². The van der Waals surface area contributed by atoms with E-state index in [4.69, 9.17) is 5.11 Å². The Labute approximate surface area is 95.4 Å². The van der Waals surface area contributed by atoms with E-state index in [1.54, 1.807) is 12.2 Å². The van der Waals surface area contributed by atoms with Crippen LogP contribution in [0.15, 0.2) is 25.3 Å². The monoisotopic (exact) mass is 226 g/mol. The summed E-state index contributed by atoms with van der Waals surface area (Å²) in [7, 11) is 0. The number of carbonyl (C=O) groups excluding carboxylic acids is 2. The Balaban J connectivity index is 4.19. The maximum Gasteiger partial charge on any atom is 0.312 e. The molecule has 0 atom stereocenters. The average Bonchev–Trinajstić information content (AvgIpc) is 2.28. The Hall–Kier alpha value is -1.62. The molecule has 0 aliphatic carbocycles. The third-order valence-electron chi connectivity index (χ3n) is 1.80. The first-order valence-corrected chi connectivity index (χ1v) is 5.07. The number of amides is 2. The van der Waals surface area contributed by atoms with Crippen LogP contribution in [0, 0.1) is 0 Å². The summed E-state index contributed by atoms with van der Waals surface area (Å²) in [4.78, 5) is 24.3. The molecule has 0 spiro atoms.